The number of nitrogens with zero attached hydrogens (tertiary/aromatic N) is 2. The number of rotatable bonds is 3. The summed E-state index contributed by atoms with van der Waals surface area (Å²) in [5.41, 5.74) is 5.69. The number of aromatic nitrogens is 1. The molecule has 1 aliphatic heterocycles. The van der Waals surface area contributed by atoms with Crippen molar-refractivity contribution in [1.82, 2.24) is 9.29 Å². The maximum absolute atomic E-state index is 12.5. The van der Waals surface area contributed by atoms with E-state index in [2.05, 4.69) is 4.98 Å². The average molecular weight is 303 g/mol. The van der Waals surface area contributed by atoms with Gasteiger partial charge < -0.3 is 5.73 Å². The number of thioether (sulfide) groups is 1. The second kappa shape index (κ2) is 5.52. The molecule has 1 fully saturated rings. The predicted octanol–water partition coefficient (Wildman–Crippen LogP) is 0.453. The quantitative estimate of drug-likeness (QED) is 0.817. The standard InChI is InChI=1S/C10H13N3O2S3/c11-10(16)9-8(2-1-3-12-9)18(14,15)13-4-6-17-7-5-13/h1-3H,4-7H2,(H2,11,16). The maximum atomic E-state index is 12.5. The highest BCUT2D eigenvalue weighted by Crippen LogP contribution is 2.21. The second-order valence-corrected chi connectivity index (χ2v) is 7.30. The molecule has 0 aromatic carbocycles. The molecule has 1 aromatic heterocycles. The van der Waals surface area contributed by atoms with Crippen molar-refractivity contribution in [1.29, 1.82) is 0 Å². The second-order valence-electron chi connectivity index (χ2n) is 3.73. The van der Waals surface area contributed by atoms with Crippen molar-refractivity contribution in [3.63, 3.8) is 0 Å². The molecule has 98 valence electrons. The van der Waals surface area contributed by atoms with Gasteiger partial charge in [0.1, 0.15) is 15.6 Å². The molecule has 2 N–H and O–H groups in total. The van der Waals surface area contributed by atoms with E-state index in [4.69, 9.17) is 18.0 Å². The van der Waals surface area contributed by atoms with Gasteiger partial charge in [-0.05, 0) is 12.1 Å². The van der Waals surface area contributed by atoms with E-state index < -0.39 is 10.0 Å². The molecule has 18 heavy (non-hydrogen) atoms. The summed E-state index contributed by atoms with van der Waals surface area (Å²) in [6.07, 6.45) is 1.49. The first kappa shape index (κ1) is 13.7. The molecule has 0 unspecified atom stereocenters. The van der Waals surface area contributed by atoms with Gasteiger partial charge >= 0.3 is 0 Å². The van der Waals surface area contributed by atoms with Crippen molar-refractivity contribution in [2.75, 3.05) is 24.6 Å². The molecule has 0 amide bonds. The highest BCUT2D eigenvalue weighted by Gasteiger charge is 2.29. The molecular weight excluding hydrogens is 290 g/mol. The lowest BCUT2D eigenvalue weighted by Crippen LogP contribution is -2.38. The Bertz CT molecular complexity index is 553. The fourth-order valence-corrected chi connectivity index (χ4v) is 4.67. The van der Waals surface area contributed by atoms with Gasteiger partial charge in [-0.2, -0.15) is 16.1 Å². The van der Waals surface area contributed by atoms with Crippen LogP contribution in [0.15, 0.2) is 23.2 Å². The maximum Gasteiger partial charge on any atom is 0.245 e. The van der Waals surface area contributed by atoms with Crippen LogP contribution in [0.4, 0.5) is 0 Å². The third-order valence-corrected chi connectivity index (χ3v) is 5.66. The van der Waals surface area contributed by atoms with Crippen LogP contribution < -0.4 is 5.73 Å². The van der Waals surface area contributed by atoms with E-state index in [0.29, 0.717) is 13.1 Å². The minimum atomic E-state index is -3.55. The molecule has 0 radical (unpaired) electrons. The third kappa shape index (κ3) is 2.66. The fraction of sp³-hybridized carbons (Fsp3) is 0.400. The number of pyridine rings is 1. The van der Waals surface area contributed by atoms with Crippen LogP contribution in [-0.4, -0.2) is 47.3 Å². The Labute approximate surface area is 116 Å². The Hall–Kier alpha value is -0.700. The lowest BCUT2D eigenvalue weighted by atomic mass is 10.3. The third-order valence-electron chi connectivity index (χ3n) is 2.59. The lowest BCUT2D eigenvalue weighted by molar-refractivity contribution is 0.443. The van der Waals surface area contributed by atoms with Crippen molar-refractivity contribution in [2.24, 2.45) is 5.73 Å². The molecule has 1 aromatic rings. The first-order valence-electron chi connectivity index (χ1n) is 5.36. The van der Waals surface area contributed by atoms with Crippen molar-refractivity contribution >= 4 is 39.0 Å². The fourth-order valence-electron chi connectivity index (χ4n) is 1.71. The Balaban J connectivity index is 2.43. The summed E-state index contributed by atoms with van der Waals surface area (Å²) in [5.74, 6) is 1.61. The molecule has 0 saturated carbocycles. The highest BCUT2D eigenvalue weighted by molar-refractivity contribution is 7.99. The predicted molar refractivity (Wildman–Crippen MR) is 76.2 cm³/mol. The first-order valence-corrected chi connectivity index (χ1v) is 8.36. The summed E-state index contributed by atoms with van der Waals surface area (Å²) >= 11 is 6.60. The molecule has 0 atom stereocenters. The van der Waals surface area contributed by atoms with E-state index in [-0.39, 0.29) is 15.6 Å². The average Bonchev–Trinajstić information content (AvgIpc) is 2.39. The Morgan fingerprint density at radius 2 is 2.11 bits per heavy atom. The van der Waals surface area contributed by atoms with Crippen molar-refractivity contribution in [2.45, 2.75) is 4.90 Å². The van der Waals surface area contributed by atoms with Crippen LogP contribution in [0.5, 0.6) is 0 Å². The highest BCUT2D eigenvalue weighted by atomic mass is 32.2. The summed E-state index contributed by atoms with van der Waals surface area (Å²) in [4.78, 5) is 4.06. The number of hydrogen-bond acceptors (Lipinski definition) is 5. The summed E-state index contributed by atoms with van der Waals surface area (Å²) < 4.78 is 26.4. The van der Waals surface area contributed by atoms with E-state index in [1.807, 2.05) is 0 Å². The van der Waals surface area contributed by atoms with E-state index in [1.165, 1.54) is 16.6 Å². The number of hydrogen-bond donors (Lipinski definition) is 1. The molecule has 0 aliphatic carbocycles. The molecule has 1 saturated heterocycles. The van der Waals surface area contributed by atoms with Gasteiger partial charge in [0.2, 0.25) is 10.0 Å². The Morgan fingerprint density at radius 1 is 1.44 bits per heavy atom. The number of thiocarbonyl (C=S) groups is 1. The molecular formula is C10H13N3O2S3. The van der Waals surface area contributed by atoms with Crippen LogP contribution in [-0.2, 0) is 10.0 Å². The van der Waals surface area contributed by atoms with Gasteiger partial charge in [0.15, 0.2) is 0 Å². The molecule has 8 heteroatoms. The topological polar surface area (TPSA) is 76.3 Å². The molecule has 5 nitrogen and oxygen atoms in total. The largest absolute Gasteiger partial charge is 0.388 e. The van der Waals surface area contributed by atoms with Crippen molar-refractivity contribution < 1.29 is 8.42 Å². The normalized spacial score (nSPS) is 17.6. The van der Waals surface area contributed by atoms with E-state index >= 15 is 0 Å². The zero-order chi connectivity index (χ0) is 13.2. The van der Waals surface area contributed by atoms with Crippen molar-refractivity contribution in [3.8, 4) is 0 Å². The Kier molecular flexibility index (Phi) is 4.21. The van der Waals surface area contributed by atoms with Crippen LogP contribution >= 0.6 is 24.0 Å². The van der Waals surface area contributed by atoms with Gasteiger partial charge in [-0.25, -0.2) is 8.42 Å². The monoisotopic (exact) mass is 303 g/mol. The Morgan fingerprint density at radius 3 is 2.72 bits per heavy atom. The molecule has 2 heterocycles. The lowest BCUT2D eigenvalue weighted by Gasteiger charge is -2.26. The summed E-state index contributed by atoms with van der Waals surface area (Å²) in [7, 11) is -3.55. The molecule has 2 rings (SSSR count). The minimum Gasteiger partial charge on any atom is -0.388 e. The van der Waals surface area contributed by atoms with Crippen LogP contribution in [0.3, 0.4) is 0 Å². The first-order chi connectivity index (χ1) is 8.53. The smallest absolute Gasteiger partial charge is 0.245 e. The summed E-state index contributed by atoms with van der Waals surface area (Å²) in [6, 6.07) is 3.08. The van der Waals surface area contributed by atoms with E-state index in [0.717, 1.165) is 11.5 Å². The minimum absolute atomic E-state index is 0.000518. The number of sulfonamides is 1. The van der Waals surface area contributed by atoms with Crippen LogP contribution in [0.1, 0.15) is 5.69 Å². The van der Waals surface area contributed by atoms with Gasteiger partial charge in [-0.15, -0.1) is 0 Å². The van der Waals surface area contributed by atoms with Gasteiger partial charge in [0.05, 0.1) is 0 Å². The number of nitrogens with two attached hydrogens (primary N) is 1. The van der Waals surface area contributed by atoms with Crippen molar-refractivity contribution in [3.05, 3.63) is 24.0 Å². The molecule has 0 bridgehead atoms. The van der Waals surface area contributed by atoms with Gasteiger partial charge in [0.25, 0.3) is 0 Å². The van der Waals surface area contributed by atoms with Gasteiger partial charge in [-0.1, -0.05) is 12.2 Å². The van der Waals surface area contributed by atoms with Crippen LogP contribution in [0.25, 0.3) is 0 Å². The van der Waals surface area contributed by atoms with E-state index in [1.54, 1.807) is 17.8 Å². The zero-order valence-corrected chi connectivity index (χ0v) is 12.0. The molecule has 1 aliphatic rings. The zero-order valence-electron chi connectivity index (χ0n) is 9.57. The SMILES string of the molecule is NC(=S)c1ncccc1S(=O)(=O)N1CCSCC1. The van der Waals surface area contributed by atoms with Gasteiger partial charge in [-0.3, -0.25) is 4.98 Å². The summed E-state index contributed by atoms with van der Waals surface area (Å²) in [6.45, 7) is 1.03. The van der Waals surface area contributed by atoms with Crippen LogP contribution in [0, 0.1) is 0 Å². The van der Waals surface area contributed by atoms with Gasteiger partial charge in [0, 0.05) is 30.8 Å². The van der Waals surface area contributed by atoms with Crippen LogP contribution in [0.2, 0.25) is 0 Å². The van der Waals surface area contributed by atoms with E-state index in [9.17, 15) is 8.42 Å². The molecule has 0 spiro atoms. The summed E-state index contributed by atoms with van der Waals surface area (Å²) in [5, 5.41) is 0.